The van der Waals surface area contributed by atoms with Gasteiger partial charge < -0.3 is 14.8 Å². The Morgan fingerprint density at radius 1 is 1.11 bits per heavy atom. The molecule has 0 aliphatic heterocycles. The zero-order valence-corrected chi connectivity index (χ0v) is 16.6. The predicted octanol–water partition coefficient (Wildman–Crippen LogP) is 3.62. The molecule has 1 N–H and O–H groups in total. The van der Waals surface area contributed by atoms with E-state index in [4.69, 9.17) is 21.1 Å². The second-order valence-corrected chi connectivity index (χ2v) is 7.29. The molecular weight excluding hydrogens is 386 g/mol. The molecule has 0 bridgehead atoms. The molecule has 0 atom stereocenters. The number of nitrogens with one attached hydrogen (secondary N) is 1. The number of aryl methyl sites for hydroxylation is 1. The Morgan fingerprint density at radius 3 is 2.63 bits per heavy atom. The minimum absolute atomic E-state index is 0.261. The van der Waals surface area contributed by atoms with Gasteiger partial charge in [-0.05, 0) is 36.2 Å². The lowest BCUT2D eigenvalue weighted by Crippen LogP contribution is -2.31. The average molecular weight is 408 g/mol. The summed E-state index contributed by atoms with van der Waals surface area (Å²) in [6.45, 7) is 1.78. The first-order valence-electron chi connectivity index (χ1n) is 8.47. The van der Waals surface area contributed by atoms with E-state index in [1.807, 2.05) is 25.1 Å². The normalized spacial score (nSPS) is 10.3. The zero-order valence-electron chi connectivity index (χ0n) is 15.1. The lowest BCUT2D eigenvalue weighted by molar-refractivity contribution is -0.150. The van der Waals surface area contributed by atoms with Crippen molar-refractivity contribution in [3.8, 4) is 5.75 Å². The fraction of sp³-hybridized carbons (Fsp3) is 0.300. The number of amides is 1. The number of halogens is 1. The van der Waals surface area contributed by atoms with Crippen molar-refractivity contribution in [2.24, 2.45) is 0 Å². The summed E-state index contributed by atoms with van der Waals surface area (Å²) in [5.41, 5.74) is 2.07. The van der Waals surface area contributed by atoms with Crippen molar-refractivity contribution in [1.82, 2.24) is 5.32 Å². The predicted molar refractivity (Wildman–Crippen MR) is 108 cm³/mol. The highest BCUT2D eigenvalue weighted by Crippen LogP contribution is 2.21. The van der Waals surface area contributed by atoms with Gasteiger partial charge in [0.15, 0.2) is 13.2 Å². The molecule has 2 aromatic rings. The zero-order chi connectivity index (χ0) is 19.5. The molecule has 2 rings (SSSR count). The summed E-state index contributed by atoms with van der Waals surface area (Å²) in [6.07, 6.45) is 0. The minimum atomic E-state index is -0.599. The van der Waals surface area contributed by atoms with Crippen molar-refractivity contribution in [3.63, 3.8) is 0 Å². The molecule has 7 heteroatoms. The van der Waals surface area contributed by atoms with Gasteiger partial charge in [0.25, 0.3) is 5.91 Å². The van der Waals surface area contributed by atoms with Crippen LogP contribution in [0.3, 0.4) is 0 Å². The summed E-state index contributed by atoms with van der Waals surface area (Å²) in [6, 6.07) is 15.2. The second-order valence-electron chi connectivity index (χ2n) is 5.75. The summed E-state index contributed by atoms with van der Waals surface area (Å²) < 4.78 is 10.3. The van der Waals surface area contributed by atoms with Crippen LogP contribution in [0.2, 0.25) is 5.02 Å². The van der Waals surface area contributed by atoms with E-state index in [-0.39, 0.29) is 19.1 Å². The molecule has 0 fully saturated rings. The number of esters is 1. The van der Waals surface area contributed by atoms with Crippen molar-refractivity contribution in [2.75, 3.05) is 25.5 Å². The topological polar surface area (TPSA) is 64.6 Å². The van der Waals surface area contributed by atoms with E-state index in [1.165, 1.54) is 5.56 Å². The fourth-order valence-electron chi connectivity index (χ4n) is 2.18. The van der Waals surface area contributed by atoms with Crippen LogP contribution in [0.25, 0.3) is 0 Å². The molecule has 0 saturated heterocycles. The Morgan fingerprint density at radius 2 is 1.89 bits per heavy atom. The first-order valence-corrected chi connectivity index (χ1v) is 10.0. The standard InChI is InChI=1S/C20H22ClNO4S/c1-15-11-17(21)7-8-18(15)25-13-20(24)26-12-19(23)22-9-10-27-14-16-5-3-2-4-6-16/h2-8,11H,9-10,12-14H2,1H3,(H,22,23). The summed E-state index contributed by atoms with van der Waals surface area (Å²) >= 11 is 7.59. The van der Waals surface area contributed by atoms with Crippen LogP contribution in [-0.4, -0.2) is 37.4 Å². The fourth-order valence-corrected chi connectivity index (χ4v) is 3.22. The quantitative estimate of drug-likeness (QED) is 0.481. The Balaban J connectivity index is 1.54. The van der Waals surface area contributed by atoms with Crippen LogP contribution in [-0.2, 0) is 20.1 Å². The van der Waals surface area contributed by atoms with Gasteiger partial charge in [-0.15, -0.1) is 0 Å². The van der Waals surface area contributed by atoms with Crippen molar-refractivity contribution in [3.05, 3.63) is 64.7 Å². The molecule has 0 aliphatic carbocycles. The number of benzene rings is 2. The van der Waals surface area contributed by atoms with E-state index >= 15 is 0 Å². The molecular formula is C20H22ClNO4S. The highest BCUT2D eigenvalue weighted by molar-refractivity contribution is 7.98. The summed E-state index contributed by atoms with van der Waals surface area (Å²) in [4.78, 5) is 23.4. The van der Waals surface area contributed by atoms with Crippen LogP contribution < -0.4 is 10.1 Å². The number of ether oxygens (including phenoxy) is 2. The van der Waals surface area contributed by atoms with Gasteiger partial charge in [0.05, 0.1) is 0 Å². The Kier molecular flexibility index (Phi) is 9.01. The molecule has 144 valence electrons. The molecule has 27 heavy (non-hydrogen) atoms. The monoisotopic (exact) mass is 407 g/mol. The smallest absolute Gasteiger partial charge is 0.344 e. The summed E-state index contributed by atoms with van der Waals surface area (Å²) in [5.74, 6) is 1.31. The lowest BCUT2D eigenvalue weighted by atomic mass is 10.2. The highest BCUT2D eigenvalue weighted by Gasteiger charge is 2.09. The molecule has 0 spiro atoms. The Bertz CT molecular complexity index is 755. The van der Waals surface area contributed by atoms with E-state index in [9.17, 15) is 9.59 Å². The number of rotatable bonds is 10. The maximum absolute atomic E-state index is 11.7. The first kappa shape index (κ1) is 21.1. The van der Waals surface area contributed by atoms with Gasteiger partial charge in [-0.3, -0.25) is 4.79 Å². The van der Waals surface area contributed by atoms with Crippen molar-refractivity contribution in [2.45, 2.75) is 12.7 Å². The number of thioether (sulfide) groups is 1. The Labute approximate surface area is 168 Å². The van der Waals surface area contributed by atoms with Crippen LogP contribution in [0.15, 0.2) is 48.5 Å². The maximum atomic E-state index is 11.7. The van der Waals surface area contributed by atoms with E-state index < -0.39 is 5.97 Å². The third-order valence-corrected chi connectivity index (χ3v) is 4.79. The first-order chi connectivity index (χ1) is 13.0. The van der Waals surface area contributed by atoms with Gasteiger partial charge in [0, 0.05) is 23.1 Å². The molecule has 0 aliphatic rings. The van der Waals surface area contributed by atoms with E-state index in [0.29, 0.717) is 17.3 Å². The molecule has 2 aromatic carbocycles. The largest absolute Gasteiger partial charge is 0.482 e. The number of hydrogen-bond acceptors (Lipinski definition) is 5. The van der Waals surface area contributed by atoms with Crippen LogP contribution in [0.4, 0.5) is 0 Å². The highest BCUT2D eigenvalue weighted by atomic mass is 35.5. The van der Waals surface area contributed by atoms with E-state index in [2.05, 4.69) is 17.4 Å². The van der Waals surface area contributed by atoms with Gasteiger partial charge >= 0.3 is 5.97 Å². The number of hydrogen-bond donors (Lipinski definition) is 1. The number of carbonyl (C=O) groups excluding carboxylic acids is 2. The van der Waals surface area contributed by atoms with Gasteiger partial charge in [-0.25, -0.2) is 4.79 Å². The van der Waals surface area contributed by atoms with E-state index in [1.54, 1.807) is 30.0 Å². The number of carbonyl (C=O) groups is 2. The molecule has 5 nitrogen and oxygen atoms in total. The van der Waals surface area contributed by atoms with Gasteiger partial charge in [-0.2, -0.15) is 11.8 Å². The molecule has 0 heterocycles. The van der Waals surface area contributed by atoms with E-state index in [0.717, 1.165) is 17.1 Å². The van der Waals surface area contributed by atoms with Crippen LogP contribution in [0.1, 0.15) is 11.1 Å². The third kappa shape index (κ3) is 8.37. The lowest BCUT2D eigenvalue weighted by Gasteiger charge is -2.09. The molecule has 0 unspecified atom stereocenters. The molecule has 1 amide bonds. The second kappa shape index (κ2) is 11.5. The van der Waals surface area contributed by atoms with Gasteiger partial charge in [0.1, 0.15) is 5.75 Å². The summed E-state index contributed by atoms with van der Waals surface area (Å²) in [5, 5.41) is 3.32. The van der Waals surface area contributed by atoms with Gasteiger partial charge in [0.2, 0.25) is 0 Å². The maximum Gasteiger partial charge on any atom is 0.344 e. The van der Waals surface area contributed by atoms with Crippen LogP contribution in [0.5, 0.6) is 5.75 Å². The molecule has 0 radical (unpaired) electrons. The van der Waals surface area contributed by atoms with Crippen molar-refractivity contribution < 1.29 is 19.1 Å². The third-order valence-electron chi connectivity index (χ3n) is 3.53. The van der Waals surface area contributed by atoms with Crippen molar-refractivity contribution in [1.29, 1.82) is 0 Å². The molecule has 0 saturated carbocycles. The van der Waals surface area contributed by atoms with Crippen LogP contribution >= 0.6 is 23.4 Å². The SMILES string of the molecule is Cc1cc(Cl)ccc1OCC(=O)OCC(=O)NCCSCc1ccccc1. The average Bonchev–Trinajstić information content (AvgIpc) is 2.66. The minimum Gasteiger partial charge on any atom is -0.482 e. The van der Waals surface area contributed by atoms with Crippen LogP contribution in [0, 0.1) is 6.92 Å². The summed E-state index contributed by atoms with van der Waals surface area (Å²) in [7, 11) is 0. The van der Waals surface area contributed by atoms with Crippen molar-refractivity contribution >= 4 is 35.2 Å². The molecule has 0 aromatic heterocycles. The Hall–Kier alpha value is -2.18. The van der Waals surface area contributed by atoms with Gasteiger partial charge in [-0.1, -0.05) is 41.9 Å².